The first-order valence-corrected chi connectivity index (χ1v) is 6.04. The summed E-state index contributed by atoms with van der Waals surface area (Å²) in [6.45, 7) is 1.25. The molecule has 1 aliphatic heterocycles. The van der Waals surface area contributed by atoms with E-state index in [1.807, 2.05) is 6.92 Å². The lowest BCUT2D eigenvalue weighted by molar-refractivity contribution is -0.297. The van der Waals surface area contributed by atoms with Gasteiger partial charge in [0.05, 0.1) is 12.6 Å². The highest BCUT2D eigenvalue weighted by atomic mass is 16.7. The largest absolute Gasteiger partial charge is 0.394 e. The Morgan fingerprint density at radius 2 is 2.00 bits per heavy atom. The van der Waals surface area contributed by atoms with E-state index in [2.05, 4.69) is 0 Å². The number of Topliss-reactive ketones (excluding diaryl/α,β-unsaturated/α-hetero) is 1. The second-order valence-corrected chi connectivity index (χ2v) is 4.57. The second kappa shape index (κ2) is 6.05. The molecular formula is C11H21NO6. The van der Waals surface area contributed by atoms with Crippen molar-refractivity contribution in [3.05, 3.63) is 0 Å². The summed E-state index contributed by atoms with van der Waals surface area (Å²) >= 11 is 0. The van der Waals surface area contributed by atoms with Crippen LogP contribution >= 0.6 is 0 Å². The lowest BCUT2D eigenvalue weighted by atomic mass is 9.87. The normalized spacial score (nSPS) is 40.8. The number of rotatable bonds is 5. The molecule has 1 saturated heterocycles. The van der Waals surface area contributed by atoms with E-state index >= 15 is 0 Å². The number of ketones is 1. The maximum absolute atomic E-state index is 11.9. The van der Waals surface area contributed by atoms with Crippen LogP contribution in [0.3, 0.4) is 0 Å². The van der Waals surface area contributed by atoms with Crippen LogP contribution in [0.25, 0.3) is 0 Å². The van der Waals surface area contributed by atoms with Crippen molar-refractivity contribution >= 4 is 5.78 Å². The Balaban J connectivity index is 2.87. The Morgan fingerprint density at radius 1 is 1.39 bits per heavy atom. The van der Waals surface area contributed by atoms with Gasteiger partial charge in [0.1, 0.15) is 18.3 Å². The topological polar surface area (TPSA) is 133 Å². The number of unbranched alkanes of at least 4 members (excludes halogenated alkanes) is 1. The van der Waals surface area contributed by atoms with Crippen LogP contribution in [-0.4, -0.2) is 63.0 Å². The zero-order chi connectivity index (χ0) is 13.9. The number of carbonyl (C=O) groups excluding carboxylic acids is 1. The Kier molecular flexibility index (Phi) is 5.20. The summed E-state index contributed by atoms with van der Waals surface area (Å²) in [6.07, 6.45) is -2.85. The van der Waals surface area contributed by atoms with Crippen molar-refractivity contribution in [1.29, 1.82) is 0 Å². The Hall–Kier alpha value is -0.570. The summed E-state index contributed by atoms with van der Waals surface area (Å²) in [6, 6.07) is -1.44. The molecule has 1 aliphatic rings. The predicted molar refractivity (Wildman–Crippen MR) is 61.4 cm³/mol. The molecule has 0 aliphatic carbocycles. The molecular weight excluding hydrogens is 242 g/mol. The molecule has 7 nitrogen and oxygen atoms in total. The molecule has 6 N–H and O–H groups in total. The molecule has 0 amide bonds. The number of hydrogen-bond donors (Lipinski definition) is 5. The van der Waals surface area contributed by atoms with Gasteiger partial charge >= 0.3 is 0 Å². The highest BCUT2D eigenvalue weighted by molar-refractivity contribution is 5.86. The van der Waals surface area contributed by atoms with Crippen molar-refractivity contribution < 1.29 is 30.0 Å². The van der Waals surface area contributed by atoms with Crippen molar-refractivity contribution in [3.8, 4) is 0 Å². The lowest BCUT2D eigenvalue weighted by Crippen LogP contribution is -2.71. The highest BCUT2D eigenvalue weighted by Crippen LogP contribution is 2.29. The van der Waals surface area contributed by atoms with E-state index in [1.165, 1.54) is 0 Å². The molecule has 18 heavy (non-hydrogen) atoms. The highest BCUT2D eigenvalue weighted by Gasteiger charge is 2.55. The maximum atomic E-state index is 11.9. The summed E-state index contributed by atoms with van der Waals surface area (Å²) < 4.78 is 5.00. The molecule has 0 saturated carbocycles. The zero-order valence-electron chi connectivity index (χ0n) is 10.3. The first-order valence-electron chi connectivity index (χ1n) is 6.04. The molecule has 5 atom stereocenters. The molecule has 0 bridgehead atoms. The number of carbonyl (C=O) groups is 1. The molecule has 1 heterocycles. The molecule has 0 aromatic rings. The van der Waals surface area contributed by atoms with E-state index in [1.54, 1.807) is 0 Å². The third kappa shape index (κ3) is 2.71. The summed E-state index contributed by atoms with van der Waals surface area (Å²) in [7, 11) is 0. The fourth-order valence-corrected chi connectivity index (χ4v) is 1.96. The van der Waals surface area contributed by atoms with Gasteiger partial charge in [0.15, 0.2) is 5.78 Å². The van der Waals surface area contributed by atoms with Crippen LogP contribution in [0.5, 0.6) is 0 Å². The minimum Gasteiger partial charge on any atom is -0.394 e. The Bertz CT molecular complexity index is 297. The van der Waals surface area contributed by atoms with Crippen LogP contribution in [0.4, 0.5) is 0 Å². The average Bonchev–Trinajstić information content (AvgIpc) is 2.37. The Labute approximate surface area is 105 Å². The fourth-order valence-electron chi connectivity index (χ4n) is 1.96. The van der Waals surface area contributed by atoms with Gasteiger partial charge in [-0.15, -0.1) is 0 Å². The lowest BCUT2D eigenvalue weighted by Gasteiger charge is -2.45. The molecule has 0 aromatic carbocycles. The van der Waals surface area contributed by atoms with Crippen molar-refractivity contribution in [2.45, 2.75) is 56.3 Å². The van der Waals surface area contributed by atoms with Gasteiger partial charge in [0.2, 0.25) is 5.79 Å². The van der Waals surface area contributed by atoms with Crippen molar-refractivity contribution in [2.75, 3.05) is 6.61 Å². The van der Waals surface area contributed by atoms with E-state index in [0.717, 1.165) is 6.42 Å². The first-order chi connectivity index (χ1) is 8.38. The molecule has 0 radical (unpaired) electrons. The zero-order valence-corrected chi connectivity index (χ0v) is 10.3. The van der Waals surface area contributed by atoms with Gasteiger partial charge < -0.3 is 30.9 Å². The predicted octanol–water partition coefficient (Wildman–Crippen LogP) is -2.13. The number of hydrogen-bond acceptors (Lipinski definition) is 7. The van der Waals surface area contributed by atoms with Crippen LogP contribution in [0.2, 0.25) is 0 Å². The van der Waals surface area contributed by atoms with Crippen LogP contribution in [0.15, 0.2) is 0 Å². The molecule has 1 fully saturated rings. The number of aliphatic hydroxyl groups is 4. The van der Waals surface area contributed by atoms with Gasteiger partial charge in [-0.2, -0.15) is 0 Å². The monoisotopic (exact) mass is 263 g/mol. The van der Waals surface area contributed by atoms with Crippen molar-refractivity contribution in [2.24, 2.45) is 5.73 Å². The van der Waals surface area contributed by atoms with Crippen molar-refractivity contribution in [3.63, 3.8) is 0 Å². The van der Waals surface area contributed by atoms with Gasteiger partial charge in [-0.25, -0.2) is 0 Å². The quantitative estimate of drug-likeness (QED) is 0.383. The summed E-state index contributed by atoms with van der Waals surface area (Å²) in [5.41, 5.74) is 5.55. The van der Waals surface area contributed by atoms with Gasteiger partial charge in [-0.1, -0.05) is 13.3 Å². The standard InChI is InChI=1S/C11H21NO6/c1-2-3-4-7(14)11(17)10(12)9(16)8(15)6(5-13)18-11/h6,8-10,13,15-17H,2-5,12H2,1H3/t6-,8-,9+,10-,11?/m1/s1. The first kappa shape index (κ1) is 15.5. The third-order valence-electron chi connectivity index (χ3n) is 3.22. The van der Waals surface area contributed by atoms with Crippen LogP contribution in [0.1, 0.15) is 26.2 Å². The maximum Gasteiger partial charge on any atom is 0.245 e. The fraction of sp³-hybridized carbons (Fsp3) is 0.909. The Morgan fingerprint density at radius 3 is 2.50 bits per heavy atom. The number of ether oxygens (including phenoxy) is 1. The van der Waals surface area contributed by atoms with Crippen LogP contribution in [0, 0.1) is 0 Å². The summed E-state index contributed by atoms with van der Waals surface area (Å²) in [5.74, 6) is -3.01. The summed E-state index contributed by atoms with van der Waals surface area (Å²) in [5, 5.41) is 38.4. The van der Waals surface area contributed by atoms with Gasteiger partial charge in [-0.3, -0.25) is 4.79 Å². The molecule has 0 aromatic heterocycles. The average molecular weight is 263 g/mol. The van der Waals surface area contributed by atoms with E-state index < -0.39 is 42.5 Å². The SMILES string of the molecule is CCCCC(=O)C1(O)O[C@H](CO)[C@@H](O)[C@H](O)[C@H]1N. The van der Waals surface area contributed by atoms with Gasteiger partial charge in [-0.05, 0) is 6.42 Å². The smallest absolute Gasteiger partial charge is 0.245 e. The number of nitrogens with two attached hydrogens (primary N) is 1. The van der Waals surface area contributed by atoms with E-state index in [9.17, 15) is 20.1 Å². The van der Waals surface area contributed by atoms with E-state index in [0.29, 0.717) is 6.42 Å². The molecule has 1 rings (SSSR count). The van der Waals surface area contributed by atoms with Crippen LogP contribution in [-0.2, 0) is 9.53 Å². The van der Waals surface area contributed by atoms with E-state index in [-0.39, 0.29) is 6.42 Å². The minimum absolute atomic E-state index is 0.0572. The van der Waals surface area contributed by atoms with E-state index in [4.69, 9.17) is 15.6 Å². The minimum atomic E-state index is -2.36. The summed E-state index contributed by atoms with van der Waals surface area (Å²) in [4.78, 5) is 11.9. The van der Waals surface area contributed by atoms with Crippen molar-refractivity contribution in [1.82, 2.24) is 0 Å². The molecule has 1 unspecified atom stereocenters. The van der Waals surface area contributed by atoms with Gasteiger partial charge in [0.25, 0.3) is 0 Å². The molecule has 7 heteroatoms. The van der Waals surface area contributed by atoms with Crippen LogP contribution < -0.4 is 5.73 Å². The molecule has 106 valence electrons. The molecule has 0 spiro atoms. The second-order valence-electron chi connectivity index (χ2n) is 4.57. The number of aliphatic hydroxyl groups excluding tert-OH is 3. The third-order valence-corrected chi connectivity index (χ3v) is 3.22. The van der Waals surface area contributed by atoms with Gasteiger partial charge in [0, 0.05) is 6.42 Å².